The van der Waals surface area contributed by atoms with E-state index in [-0.39, 0.29) is 0 Å². The Morgan fingerprint density at radius 1 is 0.850 bits per heavy atom. The maximum atomic E-state index is 7.24. The van der Waals surface area contributed by atoms with Gasteiger partial charge in [-0.15, -0.1) is 11.6 Å². The molecule has 0 saturated heterocycles. The molecule has 0 spiro atoms. The number of alkyl halides is 1. The summed E-state index contributed by atoms with van der Waals surface area (Å²) >= 11 is 7.24. The van der Waals surface area contributed by atoms with Gasteiger partial charge in [0.05, 0.1) is 4.87 Å². The quantitative estimate of drug-likeness (QED) is 0.711. The van der Waals surface area contributed by atoms with Gasteiger partial charge in [-0.05, 0) is 42.0 Å². The van der Waals surface area contributed by atoms with Crippen LogP contribution in [0.25, 0.3) is 0 Å². The molecule has 1 saturated carbocycles. The van der Waals surface area contributed by atoms with Crippen LogP contribution in [0.5, 0.6) is 0 Å². The van der Waals surface area contributed by atoms with Gasteiger partial charge in [0.2, 0.25) is 0 Å². The molecule has 1 heterocycles. The van der Waals surface area contributed by atoms with Crippen molar-refractivity contribution in [1.29, 1.82) is 0 Å². The van der Waals surface area contributed by atoms with E-state index in [2.05, 4.69) is 41.4 Å². The minimum absolute atomic E-state index is 0.412. The summed E-state index contributed by atoms with van der Waals surface area (Å²) in [5.74, 6) is 0.503. The first kappa shape index (κ1) is 13.6. The Kier molecular flexibility index (Phi) is 4.07. The van der Waals surface area contributed by atoms with E-state index in [0.717, 1.165) is 0 Å². The van der Waals surface area contributed by atoms with Crippen LogP contribution < -0.4 is 0 Å². The zero-order chi connectivity index (χ0) is 13.8. The van der Waals surface area contributed by atoms with Gasteiger partial charge in [-0.25, -0.2) is 0 Å². The van der Waals surface area contributed by atoms with Gasteiger partial charge in [-0.3, -0.25) is 4.98 Å². The summed E-state index contributed by atoms with van der Waals surface area (Å²) in [7, 11) is 0. The number of nitrogens with zero attached hydrogens (tertiary/aromatic N) is 1. The first-order valence-electron chi connectivity index (χ1n) is 7.47. The molecule has 0 radical (unpaired) electrons. The van der Waals surface area contributed by atoms with E-state index in [1.807, 2.05) is 18.5 Å². The lowest BCUT2D eigenvalue weighted by Crippen LogP contribution is -2.32. The predicted molar refractivity (Wildman–Crippen MR) is 83.9 cm³/mol. The van der Waals surface area contributed by atoms with Crippen LogP contribution in [0.2, 0.25) is 0 Å². The minimum atomic E-state index is -0.412. The third-order valence-corrected chi connectivity index (χ3v) is 5.21. The van der Waals surface area contributed by atoms with Crippen molar-refractivity contribution < 1.29 is 0 Å². The second-order valence-corrected chi connectivity index (χ2v) is 6.24. The fraction of sp³-hybridized carbons (Fsp3) is 0.389. The van der Waals surface area contributed by atoms with Gasteiger partial charge in [-0.2, -0.15) is 0 Å². The van der Waals surface area contributed by atoms with Crippen molar-refractivity contribution in [1.82, 2.24) is 4.98 Å². The molecule has 1 unspecified atom stereocenters. The van der Waals surface area contributed by atoms with E-state index < -0.39 is 4.87 Å². The Morgan fingerprint density at radius 3 is 2.10 bits per heavy atom. The summed E-state index contributed by atoms with van der Waals surface area (Å²) in [4.78, 5) is 3.73. The van der Waals surface area contributed by atoms with Crippen LogP contribution in [0, 0.1) is 5.92 Å². The fourth-order valence-electron chi connectivity index (χ4n) is 3.41. The Morgan fingerprint density at radius 2 is 1.45 bits per heavy atom. The lowest BCUT2D eigenvalue weighted by molar-refractivity contribution is 0.302. The van der Waals surface area contributed by atoms with Crippen LogP contribution in [0.1, 0.15) is 43.2 Å². The van der Waals surface area contributed by atoms with Gasteiger partial charge in [0, 0.05) is 12.4 Å². The average Bonchev–Trinajstić information content (AvgIpc) is 2.56. The molecule has 0 N–H and O–H groups in total. The van der Waals surface area contributed by atoms with E-state index in [4.69, 9.17) is 11.6 Å². The van der Waals surface area contributed by atoms with E-state index in [0.29, 0.717) is 5.92 Å². The van der Waals surface area contributed by atoms with E-state index in [1.54, 1.807) is 0 Å². The van der Waals surface area contributed by atoms with Crippen LogP contribution in [0.3, 0.4) is 0 Å². The van der Waals surface area contributed by atoms with Crippen molar-refractivity contribution in [2.45, 2.75) is 37.0 Å². The van der Waals surface area contributed by atoms with Crippen molar-refractivity contribution in [2.24, 2.45) is 5.92 Å². The molecule has 2 heteroatoms. The van der Waals surface area contributed by atoms with Gasteiger partial charge < -0.3 is 0 Å². The maximum Gasteiger partial charge on any atom is 0.0973 e. The van der Waals surface area contributed by atoms with Gasteiger partial charge >= 0.3 is 0 Å². The summed E-state index contributed by atoms with van der Waals surface area (Å²) in [6, 6.07) is 14.6. The summed E-state index contributed by atoms with van der Waals surface area (Å²) in [5, 5.41) is 0. The molecule has 1 atom stereocenters. The highest BCUT2D eigenvalue weighted by Gasteiger charge is 2.40. The number of hydrogen-bond acceptors (Lipinski definition) is 1. The van der Waals surface area contributed by atoms with Crippen LogP contribution in [0.15, 0.2) is 54.9 Å². The molecule has 1 aliphatic rings. The normalized spacial score (nSPS) is 19.4. The largest absolute Gasteiger partial charge is 0.265 e. The SMILES string of the molecule is ClC(c1ccccc1)(c1ccncc1)C1CCCCC1. The Labute approximate surface area is 126 Å². The van der Waals surface area contributed by atoms with Crippen LogP contribution >= 0.6 is 11.6 Å². The van der Waals surface area contributed by atoms with E-state index in [1.165, 1.54) is 43.2 Å². The summed E-state index contributed by atoms with van der Waals surface area (Å²) in [6.45, 7) is 0. The average molecular weight is 286 g/mol. The molecule has 104 valence electrons. The summed E-state index contributed by atoms with van der Waals surface area (Å²) < 4.78 is 0. The highest BCUT2D eigenvalue weighted by molar-refractivity contribution is 6.26. The Balaban J connectivity index is 2.07. The highest BCUT2D eigenvalue weighted by Crippen LogP contribution is 2.48. The zero-order valence-electron chi connectivity index (χ0n) is 11.6. The number of halogens is 1. The van der Waals surface area contributed by atoms with E-state index in [9.17, 15) is 0 Å². The van der Waals surface area contributed by atoms with Crippen molar-refractivity contribution in [2.75, 3.05) is 0 Å². The van der Waals surface area contributed by atoms with Crippen molar-refractivity contribution in [3.05, 3.63) is 66.0 Å². The molecule has 3 rings (SSSR count). The smallest absolute Gasteiger partial charge is 0.0973 e. The lowest BCUT2D eigenvalue weighted by atomic mass is 9.73. The lowest BCUT2D eigenvalue weighted by Gasteiger charge is -2.38. The van der Waals surface area contributed by atoms with Crippen molar-refractivity contribution in [3.8, 4) is 0 Å². The molecule has 0 bridgehead atoms. The fourth-order valence-corrected chi connectivity index (χ4v) is 3.88. The second-order valence-electron chi connectivity index (χ2n) is 5.65. The number of benzene rings is 1. The number of aromatic nitrogens is 1. The predicted octanol–water partition coefficient (Wildman–Crippen LogP) is 5.14. The number of pyridine rings is 1. The van der Waals surface area contributed by atoms with Gasteiger partial charge in [0.15, 0.2) is 0 Å². The molecular weight excluding hydrogens is 266 g/mol. The molecule has 1 fully saturated rings. The molecule has 2 aromatic rings. The maximum absolute atomic E-state index is 7.24. The molecule has 1 nitrogen and oxygen atoms in total. The summed E-state index contributed by atoms with van der Waals surface area (Å²) in [5.41, 5.74) is 2.38. The molecule has 1 aromatic carbocycles. The molecule has 20 heavy (non-hydrogen) atoms. The third kappa shape index (κ3) is 2.47. The number of hydrogen-bond donors (Lipinski definition) is 0. The van der Waals surface area contributed by atoms with E-state index >= 15 is 0 Å². The van der Waals surface area contributed by atoms with Gasteiger partial charge in [-0.1, -0.05) is 49.6 Å². The van der Waals surface area contributed by atoms with Crippen LogP contribution in [-0.2, 0) is 4.87 Å². The molecule has 1 aliphatic carbocycles. The topological polar surface area (TPSA) is 12.9 Å². The first-order chi connectivity index (χ1) is 9.82. The summed E-state index contributed by atoms with van der Waals surface area (Å²) in [6.07, 6.45) is 10.0. The third-order valence-electron chi connectivity index (χ3n) is 4.46. The standard InChI is InChI=1S/C18H20ClN/c19-18(15-7-3-1-4-8-15,16-9-5-2-6-10-16)17-11-13-20-14-12-17/h1,3-4,7-8,11-14,16H,2,5-6,9-10H2. The zero-order valence-corrected chi connectivity index (χ0v) is 12.4. The van der Waals surface area contributed by atoms with Gasteiger partial charge in [0.25, 0.3) is 0 Å². The van der Waals surface area contributed by atoms with Crippen LogP contribution in [0.4, 0.5) is 0 Å². The minimum Gasteiger partial charge on any atom is -0.265 e. The second kappa shape index (κ2) is 5.97. The van der Waals surface area contributed by atoms with Crippen LogP contribution in [-0.4, -0.2) is 4.98 Å². The van der Waals surface area contributed by atoms with Crippen molar-refractivity contribution in [3.63, 3.8) is 0 Å². The Hall–Kier alpha value is -1.34. The molecule has 0 amide bonds. The van der Waals surface area contributed by atoms with Crippen molar-refractivity contribution >= 4 is 11.6 Å². The molecule has 1 aromatic heterocycles. The molecule has 0 aliphatic heterocycles. The highest BCUT2D eigenvalue weighted by atomic mass is 35.5. The monoisotopic (exact) mass is 285 g/mol. The van der Waals surface area contributed by atoms with Gasteiger partial charge in [0.1, 0.15) is 0 Å². The Bertz CT molecular complexity index is 492. The first-order valence-corrected chi connectivity index (χ1v) is 7.84. The molecular formula is C18H20ClN. The number of rotatable bonds is 3.